The zero-order valence-electron chi connectivity index (χ0n) is 8.68. The maximum absolute atomic E-state index is 6.23. The molecule has 1 unspecified atom stereocenters. The second kappa shape index (κ2) is 3.91. The van der Waals surface area contributed by atoms with Gasteiger partial charge in [0.1, 0.15) is 11.0 Å². The molecule has 0 radical (unpaired) electrons. The van der Waals surface area contributed by atoms with Crippen molar-refractivity contribution in [3.63, 3.8) is 0 Å². The highest BCUT2D eigenvalue weighted by atomic mass is 35.5. The maximum Gasteiger partial charge on any atom is 0.132 e. The normalized spacial score (nSPS) is 20.9. The Morgan fingerprint density at radius 3 is 3.14 bits per heavy atom. The van der Waals surface area contributed by atoms with Crippen molar-refractivity contribution in [2.24, 2.45) is 0 Å². The lowest BCUT2D eigenvalue weighted by Gasteiger charge is -2.25. The summed E-state index contributed by atoms with van der Waals surface area (Å²) in [5, 5.41) is 4.03. The number of hydrogen-bond acceptors (Lipinski definition) is 2. The number of likely N-dealkylation sites (N-methyl/N-ethyl adjacent to an activating group) is 1. The molecule has 1 aromatic rings. The third-order valence-electron chi connectivity index (χ3n) is 2.83. The van der Waals surface area contributed by atoms with Crippen LogP contribution >= 0.6 is 11.6 Å². The van der Waals surface area contributed by atoms with Gasteiger partial charge in [0, 0.05) is 19.0 Å². The number of imidazole rings is 1. The lowest BCUT2D eigenvalue weighted by molar-refractivity contribution is 0.386. The summed E-state index contributed by atoms with van der Waals surface area (Å²) in [6.07, 6.45) is 3.48. The summed E-state index contributed by atoms with van der Waals surface area (Å²) in [6, 6.07) is 0.484. The minimum atomic E-state index is 0.484. The zero-order valence-corrected chi connectivity index (χ0v) is 9.43. The van der Waals surface area contributed by atoms with Gasteiger partial charge in [-0.2, -0.15) is 0 Å². The molecule has 0 amide bonds. The molecule has 1 atom stereocenters. The number of aromatic nitrogens is 2. The quantitative estimate of drug-likeness (QED) is 0.814. The molecular weight excluding hydrogens is 198 g/mol. The van der Waals surface area contributed by atoms with E-state index in [-0.39, 0.29) is 0 Å². The predicted octanol–water partition coefficient (Wildman–Crippen LogP) is 1.94. The van der Waals surface area contributed by atoms with Crippen LogP contribution in [-0.2, 0) is 6.42 Å². The summed E-state index contributed by atoms with van der Waals surface area (Å²) in [5.41, 5.74) is 0.963. The van der Waals surface area contributed by atoms with E-state index in [0.717, 1.165) is 29.6 Å². The fourth-order valence-corrected chi connectivity index (χ4v) is 2.46. The Morgan fingerprint density at radius 2 is 2.43 bits per heavy atom. The summed E-state index contributed by atoms with van der Waals surface area (Å²) in [4.78, 5) is 4.49. The Kier molecular flexibility index (Phi) is 2.79. The number of hydrogen-bond donors (Lipinski definition) is 1. The number of aryl methyl sites for hydroxylation is 2. The van der Waals surface area contributed by atoms with Crippen LogP contribution < -0.4 is 5.32 Å². The molecule has 0 saturated heterocycles. The van der Waals surface area contributed by atoms with Crippen LogP contribution in [-0.4, -0.2) is 23.1 Å². The predicted molar refractivity (Wildman–Crippen MR) is 57.9 cm³/mol. The first-order chi connectivity index (χ1) is 6.74. The highest BCUT2D eigenvalue weighted by molar-refractivity contribution is 6.30. The molecule has 1 aliphatic rings. The molecule has 14 heavy (non-hydrogen) atoms. The number of nitrogens with zero attached hydrogens (tertiary/aromatic N) is 2. The van der Waals surface area contributed by atoms with Crippen molar-refractivity contribution >= 4 is 11.6 Å². The third kappa shape index (κ3) is 1.55. The molecule has 4 heteroatoms. The van der Waals surface area contributed by atoms with Gasteiger partial charge >= 0.3 is 0 Å². The summed E-state index contributed by atoms with van der Waals surface area (Å²) >= 11 is 6.23. The standard InChI is InChI=1S/C10H16ClN3/c1-7-10(11)14-8(6-12-2)4-3-5-9(14)13-7/h8,12H,3-6H2,1-2H3. The number of fused-ring (bicyclic) bond motifs is 1. The Labute approximate surface area is 89.5 Å². The van der Waals surface area contributed by atoms with Crippen molar-refractivity contribution in [1.29, 1.82) is 0 Å². The minimum absolute atomic E-state index is 0.484. The van der Waals surface area contributed by atoms with Gasteiger partial charge in [0.25, 0.3) is 0 Å². The van der Waals surface area contributed by atoms with E-state index in [1.807, 2.05) is 14.0 Å². The summed E-state index contributed by atoms with van der Waals surface area (Å²) in [5.74, 6) is 1.15. The number of rotatable bonds is 2. The van der Waals surface area contributed by atoms with Gasteiger partial charge in [0.05, 0.1) is 5.69 Å². The van der Waals surface area contributed by atoms with E-state index < -0.39 is 0 Å². The van der Waals surface area contributed by atoms with E-state index in [1.165, 1.54) is 12.8 Å². The van der Waals surface area contributed by atoms with Gasteiger partial charge in [0.15, 0.2) is 0 Å². The fourth-order valence-electron chi connectivity index (χ4n) is 2.18. The first-order valence-electron chi connectivity index (χ1n) is 5.12. The number of nitrogens with one attached hydrogen (secondary N) is 1. The summed E-state index contributed by atoms with van der Waals surface area (Å²) in [6.45, 7) is 2.95. The van der Waals surface area contributed by atoms with Crippen LogP contribution in [0.2, 0.25) is 5.15 Å². The van der Waals surface area contributed by atoms with E-state index in [1.54, 1.807) is 0 Å². The Balaban J connectivity index is 2.36. The second-order valence-corrected chi connectivity index (χ2v) is 4.24. The van der Waals surface area contributed by atoms with E-state index in [4.69, 9.17) is 11.6 Å². The molecule has 0 bridgehead atoms. The van der Waals surface area contributed by atoms with E-state index >= 15 is 0 Å². The molecular formula is C10H16ClN3. The van der Waals surface area contributed by atoms with E-state index in [9.17, 15) is 0 Å². The first-order valence-corrected chi connectivity index (χ1v) is 5.49. The monoisotopic (exact) mass is 213 g/mol. The minimum Gasteiger partial charge on any atom is -0.318 e. The van der Waals surface area contributed by atoms with Crippen molar-refractivity contribution in [3.05, 3.63) is 16.7 Å². The molecule has 78 valence electrons. The smallest absolute Gasteiger partial charge is 0.132 e. The van der Waals surface area contributed by atoms with Gasteiger partial charge in [-0.25, -0.2) is 4.98 Å². The van der Waals surface area contributed by atoms with E-state index in [0.29, 0.717) is 6.04 Å². The zero-order chi connectivity index (χ0) is 10.1. The molecule has 0 saturated carbocycles. The van der Waals surface area contributed by atoms with Crippen molar-refractivity contribution < 1.29 is 0 Å². The Bertz CT molecular complexity index is 332. The maximum atomic E-state index is 6.23. The lowest BCUT2D eigenvalue weighted by atomic mass is 10.0. The van der Waals surface area contributed by atoms with Crippen LogP contribution in [0.25, 0.3) is 0 Å². The van der Waals surface area contributed by atoms with Crippen LogP contribution in [0.3, 0.4) is 0 Å². The van der Waals surface area contributed by atoms with Gasteiger partial charge < -0.3 is 9.88 Å². The summed E-state index contributed by atoms with van der Waals surface area (Å²) in [7, 11) is 1.98. The fraction of sp³-hybridized carbons (Fsp3) is 0.700. The lowest BCUT2D eigenvalue weighted by Crippen LogP contribution is -2.27. The molecule has 0 aromatic carbocycles. The van der Waals surface area contributed by atoms with Crippen LogP contribution in [0.5, 0.6) is 0 Å². The van der Waals surface area contributed by atoms with Gasteiger partial charge in [-0.15, -0.1) is 0 Å². The average Bonchev–Trinajstić information content (AvgIpc) is 2.45. The number of halogens is 1. The average molecular weight is 214 g/mol. The molecule has 0 spiro atoms. The molecule has 1 aliphatic heterocycles. The van der Waals surface area contributed by atoms with Crippen LogP contribution in [0.1, 0.15) is 30.4 Å². The molecule has 3 nitrogen and oxygen atoms in total. The van der Waals surface area contributed by atoms with E-state index in [2.05, 4.69) is 14.9 Å². The van der Waals surface area contributed by atoms with Crippen molar-refractivity contribution in [2.45, 2.75) is 32.2 Å². The highest BCUT2D eigenvalue weighted by Gasteiger charge is 2.23. The van der Waals surface area contributed by atoms with Gasteiger partial charge in [0.2, 0.25) is 0 Å². The summed E-state index contributed by atoms with van der Waals surface area (Å²) < 4.78 is 2.19. The molecule has 2 rings (SSSR count). The second-order valence-electron chi connectivity index (χ2n) is 3.88. The van der Waals surface area contributed by atoms with Crippen molar-refractivity contribution in [2.75, 3.05) is 13.6 Å². The van der Waals surface area contributed by atoms with Crippen molar-refractivity contribution in [1.82, 2.24) is 14.9 Å². The third-order valence-corrected chi connectivity index (χ3v) is 3.28. The SMILES string of the molecule is CNCC1CCCc2nc(C)c(Cl)n21. The first kappa shape index (κ1) is 9.99. The molecule has 0 fully saturated rings. The largest absolute Gasteiger partial charge is 0.318 e. The van der Waals surface area contributed by atoms with Gasteiger partial charge in [-0.1, -0.05) is 11.6 Å². The molecule has 1 N–H and O–H groups in total. The van der Waals surface area contributed by atoms with Crippen LogP contribution in [0.15, 0.2) is 0 Å². The topological polar surface area (TPSA) is 29.9 Å². The highest BCUT2D eigenvalue weighted by Crippen LogP contribution is 2.30. The molecule has 2 heterocycles. The Hall–Kier alpha value is -0.540. The van der Waals surface area contributed by atoms with Crippen LogP contribution in [0, 0.1) is 6.92 Å². The van der Waals surface area contributed by atoms with Gasteiger partial charge in [-0.3, -0.25) is 0 Å². The molecule has 0 aliphatic carbocycles. The Morgan fingerprint density at radius 1 is 1.64 bits per heavy atom. The van der Waals surface area contributed by atoms with Crippen molar-refractivity contribution in [3.8, 4) is 0 Å². The molecule has 1 aromatic heterocycles. The van der Waals surface area contributed by atoms with Crippen LogP contribution in [0.4, 0.5) is 0 Å². The van der Waals surface area contributed by atoms with Gasteiger partial charge in [-0.05, 0) is 26.8 Å².